The molecule has 0 unspecified atom stereocenters. The Morgan fingerprint density at radius 1 is 1.63 bits per heavy atom. The molecule has 19 heavy (non-hydrogen) atoms. The van der Waals surface area contributed by atoms with Crippen molar-refractivity contribution in [3.05, 3.63) is 28.2 Å². The smallest absolute Gasteiger partial charge is 0.255 e. The summed E-state index contributed by atoms with van der Waals surface area (Å²) in [4.78, 5) is 8.34. The van der Waals surface area contributed by atoms with Crippen LogP contribution in [0.2, 0.25) is 0 Å². The van der Waals surface area contributed by atoms with Crippen LogP contribution in [-0.2, 0) is 6.54 Å². The predicted molar refractivity (Wildman–Crippen MR) is 67.0 cm³/mol. The van der Waals surface area contributed by atoms with E-state index in [1.54, 1.807) is 0 Å². The van der Waals surface area contributed by atoms with E-state index >= 15 is 0 Å². The summed E-state index contributed by atoms with van der Waals surface area (Å²) in [7, 11) is 0. The van der Waals surface area contributed by atoms with Crippen LogP contribution in [-0.4, -0.2) is 28.7 Å². The Morgan fingerprint density at radius 3 is 2.84 bits per heavy atom. The van der Waals surface area contributed by atoms with Gasteiger partial charge in [0.2, 0.25) is 6.19 Å². The van der Waals surface area contributed by atoms with Gasteiger partial charge in [0, 0.05) is 12.7 Å². The van der Waals surface area contributed by atoms with Crippen molar-refractivity contribution in [1.29, 1.82) is 5.26 Å². The summed E-state index contributed by atoms with van der Waals surface area (Å²) in [5, 5.41) is 8.44. The molecular formula is C11H10BrF3N4. The van der Waals surface area contributed by atoms with Crippen molar-refractivity contribution in [2.24, 2.45) is 4.99 Å². The van der Waals surface area contributed by atoms with E-state index in [9.17, 15) is 13.2 Å². The monoisotopic (exact) mass is 334 g/mol. The molecule has 0 atom stereocenters. The largest absolute Gasteiger partial charge is 0.349 e. The molecule has 0 fully saturated rings. The minimum Gasteiger partial charge on any atom is -0.349 e. The van der Waals surface area contributed by atoms with Crippen molar-refractivity contribution in [2.75, 3.05) is 6.54 Å². The first-order valence-corrected chi connectivity index (χ1v) is 5.99. The van der Waals surface area contributed by atoms with E-state index < -0.39 is 18.8 Å². The molecule has 1 rings (SSSR count). The van der Waals surface area contributed by atoms with Crippen LogP contribution in [0.1, 0.15) is 12.5 Å². The van der Waals surface area contributed by atoms with Crippen molar-refractivity contribution >= 4 is 21.8 Å². The molecule has 0 saturated carbocycles. The first-order valence-electron chi connectivity index (χ1n) is 5.20. The third-order valence-corrected chi connectivity index (χ3v) is 2.84. The van der Waals surface area contributed by atoms with Gasteiger partial charge in [-0.1, -0.05) is 0 Å². The van der Waals surface area contributed by atoms with Crippen LogP contribution in [0.4, 0.5) is 13.2 Å². The number of aromatic nitrogens is 1. The molecule has 0 bridgehead atoms. The summed E-state index contributed by atoms with van der Waals surface area (Å²) in [5.41, 5.74) is 0.411. The molecule has 0 spiro atoms. The van der Waals surface area contributed by atoms with Crippen LogP contribution < -0.4 is 0 Å². The quantitative estimate of drug-likeness (QED) is 0.368. The highest BCUT2D eigenvalue weighted by molar-refractivity contribution is 9.10. The fourth-order valence-electron chi connectivity index (χ4n) is 1.39. The van der Waals surface area contributed by atoms with Crippen molar-refractivity contribution in [3.63, 3.8) is 0 Å². The average Bonchev–Trinajstić information content (AvgIpc) is 2.33. The Balaban J connectivity index is 2.91. The van der Waals surface area contributed by atoms with Gasteiger partial charge in [-0.25, -0.2) is 18.2 Å². The van der Waals surface area contributed by atoms with Gasteiger partial charge in [0.25, 0.3) is 6.43 Å². The molecule has 0 aliphatic carbocycles. The molecule has 0 aromatic carbocycles. The van der Waals surface area contributed by atoms with Crippen LogP contribution in [0.15, 0.2) is 21.9 Å². The summed E-state index contributed by atoms with van der Waals surface area (Å²) in [5.74, 6) is -0.435. The number of nitriles is 1. The Labute approximate surface area is 116 Å². The van der Waals surface area contributed by atoms with Crippen molar-refractivity contribution in [2.45, 2.75) is 19.9 Å². The second kappa shape index (κ2) is 7.09. The molecule has 0 amide bonds. The third kappa shape index (κ3) is 4.87. The van der Waals surface area contributed by atoms with Crippen LogP contribution >= 0.6 is 15.9 Å². The van der Waals surface area contributed by atoms with Gasteiger partial charge in [-0.15, -0.1) is 0 Å². The molecule has 8 heteroatoms. The third-order valence-electron chi connectivity index (χ3n) is 2.25. The minimum absolute atomic E-state index is 0.00144. The topological polar surface area (TPSA) is 52.3 Å². The highest BCUT2D eigenvalue weighted by Crippen LogP contribution is 2.15. The lowest BCUT2D eigenvalue weighted by molar-refractivity contribution is 0.113. The number of amidine groups is 1. The first kappa shape index (κ1) is 15.4. The summed E-state index contributed by atoms with van der Waals surface area (Å²) >= 11 is 2.90. The van der Waals surface area contributed by atoms with Crippen molar-refractivity contribution in [3.8, 4) is 6.19 Å². The van der Waals surface area contributed by atoms with E-state index in [1.165, 1.54) is 30.3 Å². The second-order valence-corrected chi connectivity index (χ2v) is 4.40. The molecule has 0 saturated heterocycles. The molecule has 0 aliphatic heterocycles. The number of alkyl halides is 2. The van der Waals surface area contributed by atoms with E-state index in [4.69, 9.17) is 5.26 Å². The number of halogens is 4. The number of pyridine rings is 1. The van der Waals surface area contributed by atoms with Gasteiger partial charge in [0.1, 0.15) is 10.4 Å². The van der Waals surface area contributed by atoms with Gasteiger partial charge >= 0.3 is 0 Å². The van der Waals surface area contributed by atoms with E-state index in [2.05, 4.69) is 25.9 Å². The van der Waals surface area contributed by atoms with E-state index in [0.717, 1.165) is 0 Å². The van der Waals surface area contributed by atoms with Crippen molar-refractivity contribution in [1.82, 2.24) is 9.88 Å². The molecule has 1 aromatic rings. The Kier molecular flexibility index (Phi) is 5.76. The molecular weight excluding hydrogens is 325 g/mol. The molecule has 0 aliphatic rings. The van der Waals surface area contributed by atoms with E-state index in [-0.39, 0.29) is 17.0 Å². The van der Waals surface area contributed by atoms with Crippen LogP contribution in [0.3, 0.4) is 0 Å². The Bertz CT molecular complexity index is 513. The number of hydrogen-bond acceptors (Lipinski definition) is 3. The van der Waals surface area contributed by atoms with Gasteiger partial charge in [-0.3, -0.25) is 0 Å². The summed E-state index contributed by atoms with van der Waals surface area (Å²) in [6.45, 7) is 0.849. The average molecular weight is 335 g/mol. The van der Waals surface area contributed by atoms with Gasteiger partial charge in [0.05, 0.1) is 6.54 Å². The lowest BCUT2D eigenvalue weighted by Crippen LogP contribution is -2.33. The fraction of sp³-hybridized carbons (Fsp3) is 0.364. The zero-order valence-corrected chi connectivity index (χ0v) is 11.5. The zero-order valence-electron chi connectivity index (χ0n) is 9.95. The Hall–Kier alpha value is -1.62. The first-order chi connectivity index (χ1) is 8.93. The number of nitrogens with zero attached hydrogens (tertiary/aromatic N) is 4. The normalized spacial score (nSPS) is 11.5. The van der Waals surface area contributed by atoms with Crippen LogP contribution in [0.5, 0.6) is 0 Å². The van der Waals surface area contributed by atoms with E-state index in [1.807, 2.05) is 0 Å². The number of rotatable bonds is 4. The van der Waals surface area contributed by atoms with Gasteiger partial charge in [0.15, 0.2) is 5.82 Å². The lowest BCUT2D eigenvalue weighted by atomic mass is 10.2. The molecule has 0 N–H and O–H groups in total. The lowest BCUT2D eigenvalue weighted by Gasteiger charge is -2.23. The molecule has 0 radical (unpaired) electrons. The highest BCUT2D eigenvalue weighted by atomic mass is 79.9. The van der Waals surface area contributed by atoms with Crippen LogP contribution in [0.25, 0.3) is 0 Å². The molecule has 1 aromatic heterocycles. The number of hydrogen-bond donors (Lipinski definition) is 0. The predicted octanol–water partition coefficient (Wildman–Crippen LogP) is 2.95. The maximum absolute atomic E-state index is 13.3. The van der Waals surface area contributed by atoms with Crippen molar-refractivity contribution < 1.29 is 13.2 Å². The maximum Gasteiger partial charge on any atom is 0.255 e. The minimum atomic E-state index is -2.59. The van der Waals surface area contributed by atoms with E-state index in [0.29, 0.717) is 5.56 Å². The highest BCUT2D eigenvalue weighted by Gasteiger charge is 2.15. The molecule has 102 valence electrons. The maximum atomic E-state index is 13.3. The molecule has 1 heterocycles. The summed E-state index contributed by atoms with van der Waals surface area (Å²) < 4.78 is 38.2. The summed E-state index contributed by atoms with van der Waals surface area (Å²) in [6.07, 6.45) is 0.312. The van der Waals surface area contributed by atoms with Gasteiger partial charge in [-0.05, 0) is 34.5 Å². The Morgan fingerprint density at radius 2 is 2.32 bits per heavy atom. The fourth-order valence-corrected chi connectivity index (χ4v) is 1.61. The number of aliphatic imine (C=N–C) groups is 1. The second-order valence-electron chi connectivity index (χ2n) is 3.65. The van der Waals surface area contributed by atoms with Gasteiger partial charge in [-0.2, -0.15) is 10.3 Å². The molecule has 4 nitrogen and oxygen atoms in total. The zero-order chi connectivity index (χ0) is 14.4. The SMILES string of the molecule is CC(=NC#N)N(Cc1cnc(Br)c(F)c1)CC(F)F. The standard InChI is InChI=1S/C11H10BrF3N4/c1-7(18-6-16)19(5-10(14)15)4-8-2-9(13)11(12)17-3-8/h2-3,10H,4-5H2,1H3. The van der Waals surface area contributed by atoms with Crippen LogP contribution in [0, 0.1) is 17.3 Å². The summed E-state index contributed by atoms with van der Waals surface area (Å²) in [6, 6.07) is 1.19. The van der Waals surface area contributed by atoms with Gasteiger partial charge < -0.3 is 4.90 Å².